The summed E-state index contributed by atoms with van der Waals surface area (Å²) in [6.07, 6.45) is 5.50. The minimum atomic E-state index is -1.71. The first-order valence-electron chi connectivity index (χ1n) is 7.47. The Labute approximate surface area is 129 Å². The highest BCUT2D eigenvalue weighted by atomic mass is 28.4. The van der Waals surface area contributed by atoms with E-state index in [1.165, 1.54) is 0 Å². The average molecular weight is 308 g/mol. The van der Waals surface area contributed by atoms with E-state index < -0.39 is 8.32 Å². The average Bonchev–Trinajstić information content (AvgIpc) is 2.36. The van der Waals surface area contributed by atoms with Gasteiger partial charge < -0.3 is 10.2 Å². The van der Waals surface area contributed by atoms with Crippen LogP contribution in [0, 0.1) is 0 Å². The van der Waals surface area contributed by atoms with Gasteiger partial charge in [0.25, 0.3) is 0 Å². The fourth-order valence-electron chi connectivity index (χ4n) is 1.82. The van der Waals surface area contributed by atoms with Crippen LogP contribution < -0.4 is 5.73 Å². The number of amides is 1. The molecule has 1 aromatic rings. The highest BCUT2D eigenvalue weighted by Crippen LogP contribution is 2.36. The van der Waals surface area contributed by atoms with Gasteiger partial charge in [-0.05, 0) is 48.2 Å². The maximum Gasteiger partial charge on any atom is 0.217 e. The second kappa shape index (κ2) is 7.18. The van der Waals surface area contributed by atoms with Crippen molar-refractivity contribution in [3.8, 4) is 0 Å². The molecule has 0 bridgehead atoms. The fourth-order valence-corrected chi connectivity index (χ4v) is 2.86. The zero-order chi connectivity index (χ0) is 16.1. The van der Waals surface area contributed by atoms with E-state index in [0.717, 1.165) is 17.5 Å². The maximum atomic E-state index is 10.9. The molecule has 0 spiro atoms. The number of hydrogen-bond donors (Lipinski definition) is 1. The van der Waals surface area contributed by atoms with Crippen molar-refractivity contribution >= 4 is 14.2 Å². The van der Waals surface area contributed by atoms with Gasteiger partial charge in [0.2, 0.25) is 5.91 Å². The minimum Gasteiger partial charge on any atom is -0.416 e. The second-order valence-electron chi connectivity index (χ2n) is 6.97. The van der Waals surface area contributed by atoms with Crippen LogP contribution in [0.4, 0.5) is 0 Å². The van der Waals surface area contributed by atoms with Gasteiger partial charge in [-0.1, -0.05) is 20.8 Å². The van der Waals surface area contributed by atoms with Crippen molar-refractivity contribution in [1.82, 2.24) is 4.98 Å². The Kier molecular flexibility index (Phi) is 6.10. The van der Waals surface area contributed by atoms with Gasteiger partial charge in [0.1, 0.15) is 0 Å². The molecule has 2 N–H and O–H groups in total. The molecular formula is C16H28N2O2Si. The monoisotopic (exact) mass is 308 g/mol. The molecule has 0 aliphatic rings. The Balaban J connectivity index is 2.62. The third-order valence-corrected chi connectivity index (χ3v) is 8.82. The van der Waals surface area contributed by atoms with Crippen molar-refractivity contribution in [2.45, 2.75) is 58.2 Å². The highest BCUT2D eigenvalue weighted by molar-refractivity contribution is 6.74. The molecule has 0 unspecified atom stereocenters. The molecule has 0 fully saturated rings. The fraction of sp³-hybridized carbons (Fsp3) is 0.625. The van der Waals surface area contributed by atoms with Crippen molar-refractivity contribution in [2.75, 3.05) is 6.61 Å². The van der Waals surface area contributed by atoms with E-state index in [0.29, 0.717) is 19.4 Å². The summed E-state index contributed by atoms with van der Waals surface area (Å²) in [6, 6.07) is 1.96. The van der Waals surface area contributed by atoms with E-state index in [2.05, 4.69) is 38.8 Å². The Morgan fingerprint density at radius 2 is 1.95 bits per heavy atom. The summed E-state index contributed by atoms with van der Waals surface area (Å²) in [7, 11) is -1.71. The number of primary amides is 1. The lowest BCUT2D eigenvalue weighted by atomic mass is 10.0. The van der Waals surface area contributed by atoms with Crippen LogP contribution >= 0.6 is 0 Å². The van der Waals surface area contributed by atoms with Gasteiger partial charge in [0.15, 0.2) is 8.32 Å². The topological polar surface area (TPSA) is 65.2 Å². The van der Waals surface area contributed by atoms with Gasteiger partial charge >= 0.3 is 0 Å². The lowest BCUT2D eigenvalue weighted by Crippen LogP contribution is -2.41. The summed E-state index contributed by atoms with van der Waals surface area (Å²) >= 11 is 0. The van der Waals surface area contributed by atoms with Gasteiger partial charge in [-0.25, -0.2) is 0 Å². The molecule has 0 aliphatic heterocycles. The molecule has 21 heavy (non-hydrogen) atoms. The summed E-state index contributed by atoms with van der Waals surface area (Å²) in [6.45, 7) is 11.9. The first-order valence-corrected chi connectivity index (χ1v) is 10.4. The summed E-state index contributed by atoms with van der Waals surface area (Å²) in [5.41, 5.74) is 7.51. The van der Waals surface area contributed by atoms with Gasteiger partial charge in [-0.15, -0.1) is 0 Å². The zero-order valence-corrected chi connectivity index (χ0v) is 14.9. The third-order valence-electron chi connectivity index (χ3n) is 4.29. The summed E-state index contributed by atoms with van der Waals surface area (Å²) in [5, 5.41) is 0.219. The number of rotatable bonds is 7. The van der Waals surface area contributed by atoms with Crippen molar-refractivity contribution in [1.29, 1.82) is 0 Å². The van der Waals surface area contributed by atoms with Crippen LogP contribution in [0.2, 0.25) is 18.1 Å². The quantitative estimate of drug-likeness (QED) is 0.787. The van der Waals surface area contributed by atoms with Gasteiger partial charge in [0.05, 0.1) is 0 Å². The summed E-state index contributed by atoms with van der Waals surface area (Å²) in [5.74, 6) is -0.268. The van der Waals surface area contributed by atoms with E-state index >= 15 is 0 Å². The van der Waals surface area contributed by atoms with Crippen molar-refractivity contribution < 1.29 is 9.22 Å². The number of nitrogens with two attached hydrogens (primary N) is 1. The minimum absolute atomic E-state index is 0.219. The van der Waals surface area contributed by atoms with Crippen LogP contribution in [0.15, 0.2) is 18.5 Å². The van der Waals surface area contributed by atoms with E-state index in [1.54, 1.807) is 6.20 Å². The van der Waals surface area contributed by atoms with Crippen LogP contribution in [0.25, 0.3) is 0 Å². The highest BCUT2D eigenvalue weighted by Gasteiger charge is 2.36. The lowest BCUT2D eigenvalue weighted by molar-refractivity contribution is -0.117. The standard InChI is InChI=1S/C16H28N2O2Si/c1-16(2,3)21(4,5)20-11-9-14-12-18-10-8-13(14)6-7-15(17)19/h8,10,12H,6-7,9,11H2,1-5H3,(H2,17,19). The Morgan fingerprint density at radius 3 is 2.52 bits per heavy atom. The SMILES string of the molecule is CC(C)(C)[Si](C)(C)OCCc1cnccc1CCC(N)=O. The number of pyridine rings is 1. The number of nitrogens with zero attached hydrogens (tertiary/aromatic N) is 1. The third kappa shape index (κ3) is 5.59. The molecule has 1 heterocycles. The number of aromatic nitrogens is 1. The molecule has 1 aromatic heterocycles. The molecule has 0 radical (unpaired) electrons. The molecule has 0 saturated heterocycles. The molecule has 0 saturated carbocycles. The number of carbonyl (C=O) groups is 1. The van der Waals surface area contributed by atoms with Crippen LogP contribution in [0.1, 0.15) is 38.3 Å². The van der Waals surface area contributed by atoms with Crippen LogP contribution in [0.3, 0.4) is 0 Å². The summed E-state index contributed by atoms with van der Waals surface area (Å²) in [4.78, 5) is 15.1. The van der Waals surface area contributed by atoms with E-state index in [-0.39, 0.29) is 10.9 Å². The predicted octanol–water partition coefficient (Wildman–Crippen LogP) is 3.06. The first-order chi connectivity index (χ1) is 9.63. The maximum absolute atomic E-state index is 10.9. The zero-order valence-electron chi connectivity index (χ0n) is 13.9. The summed E-state index contributed by atoms with van der Waals surface area (Å²) < 4.78 is 6.20. The number of aryl methyl sites for hydroxylation is 1. The smallest absolute Gasteiger partial charge is 0.217 e. The second-order valence-corrected chi connectivity index (χ2v) is 11.8. The molecule has 4 nitrogen and oxygen atoms in total. The molecule has 0 atom stereocenters. The molecule has 1 rings (SSSR count). The molecule has 5 heteroatoms. The van der Waals surface area contributed by atoms with Crippen molar-refractivity contribution in [2.24, 2.45) is 5.73 Å². The Hall–Kier alpha value is -1.20. The van der Waals surface area contributed by atoms with Crippen LogP contribution in [0.5, 0.6) is 0 Å². The molecular weight excluding hydrogens is 280 g/mol. The first kappa shape index (κ1) is 17.8. The molecule has 1 amide bonds. The van der Waals surface area contributed by atoms with Crippen molar-refractivity contribution in [3.63, 3.8) is 0 Å². The predicted molar refractivity (Wildman–Crippen MR) is 88.6 cm³/mol. The van der Waals surface area contributed by atoms with E-state index in [1.807, 2.05) is 12.3 Å². The van der Waals surface area contributed by atoms with E-state index in [9.17, 15) is 4.79 Å². The normalized spacial score (nSPS) is 12.4. The van der Waals surface area contributed by atoms with Gasteiger partial charge in [-0.2, -0.15) is 0 Å². The van der Waals surface area contributed by atoms with E-state index in [4.69, 9.17) is 10.2 Å². The van der Waals surface area contributed by atoms with Crippen molar-refractivity contribution in [3.05, 3.63) is 29.6 Å². The molecule has 0 aromatic carbocycles. The van der Waals surface area contributed by atoms with Crippen LogP contribution in [-0.4, -0.2) is 25.8 Å². The lowest BCUT2D eigenvalue weighted by Gasteiger charge is -2.36. The van der Waals surface area contributed by atoms with Gasteiger partial charge in [0, 0.05) is 25.4 Å². The largest absolute Gasteiger partial charge is 0.416 e. The van der Waals surface area contributed by atoms with Crippen LogP contribution in [-0.2, 0) is 22.1 Å². The molecule has 118 valence electrons. The number of carbonyl (C=O) groups excluding carboxylic acids is 1. The Morgan fingerprint density at radius 1 is 1.29 bits per heavy atom. The number of hydrogen-bond acceptors (Lipinski definition) is 3. The Bertz CT molecular complexity index is 481. The molecule has 0 aliphatic carbocycles. The van der Waals surface area contributed by atoms with Gasteiger partial charge in [-0.3, -0.25) is 9.78 Å².